The molecular formula is C38H24N2O. The third-order valence-corrected chi connectivity index (χ3v) is 8.34. The van der Waals surface area contributed by atoms with Gasteiger partial charge in [0.25, 0.3) is 0 Å². The van der Waals surface area contributed by atoms with Gasteiger partial charge in [0.05, 0.1) is 16.6 Å². The number of hydrogen-bond acceptors (Lipinski definition) is 1. The standard InChI is InChI=1S/C38H24N2O/c1-3-9-28(10-4-1)39-20-19-27-21-25(15-17-34(27)39)26-16-18-37-32(22-26)33-23-31-30-13-7-8-14-35(30)40(29-11-5-2-6-12-29)36(31)24-38(33)41-37/h1-24H. The molecule has 3 nitrogen and oxygen atoms in total. The highest BCUT2D eigenvalue weighted by Crippen LogP contribution is 2.39. The summed E-state index contributed by atoms with van der Waals surface area (Å²) in [5.74, 6) is 0. The van der Waals surface area contributed by atoms with Crippen LogP contribution in [0.25, 0.3) is 77.1 Å². The lowest BCUT2D eigenvalue weighted by atomic mass is 10.0. The predicted octanol–water partition coefficient (Wildman–Crippen LogP) is 10.3. The molecule has 0 aliphatic rings. The largest absolute Gasteiger partial charge is 0.456 e. The summed E-state index contributed by atoms with van der Waals surface area (Å²) in [4.78, 5) is 0. The van der Waals surface area contributed by atoms with Crippen molar-refractivity contribution in [1.82, 2.24) is 9.13 Å². The SMILES string of the molecule is c1ccc(-n2ccc3cc(-c4ccc5oc6cc7c(cc6c5c4)c4ccccc4n7-c4ccccc4)ccc32)cc1. The first-order chi connectivity index (χ1) is 20.3. The molecule has 0 unspecified atom stereocenters. The maximum absolute atomic E-state index is 6.44. The lowest BCUT2D eigenvalue weighted by Crippen LogP contribution is -1.92. The maximum Gasteiger partial charge on any atom is 0.137 e. The second-order valence-electron chi connectivity index (χ2n) is 10.7. The highest BCUT2D eigenvalue weighted by molar-refractivity contribution is 6.17. The molecule has 0 bridgehead atoms. The van der Waals surface area contributed by atoms with Crippen LogP contribution in [0.5, 0.6) is 0 Å². The lowest BCUT2D eigenvalue weighted by Gasteiger charge is -2.07. The molecule has 3 heteroatoms. The Morgan fingerprint density at radius 1 is 0.415 bits per heavy atom. The van der Waals surface area contributed by atoms with E-state index in [0.717, 1.165) is 33.1 Å². The van der Waals surface area contributed by atoms with Gasteiger partial charge in [-0.25, -0.2) is 0 Å². The van der Waals surface area contributed by atoms with Crippen molar-refractivity contribution >= 4 is 54.6 Å². The summed E-state index contributed by atoms with van der Waals surface area (Å²) in [5.41, 5.74) is 10.0. The fourth-order valence-corrected chi connectivity index (χ4v) is 6.41. The van der Waals surface area contributed by atoms with Crippen molar-refractivity contribution in [1.29, 1.82) is 0 Å². The summed E-state index contributed by atoms with van der Waals surface area (Å²) in [6.45, 7) is 0. The summed E-state index contributed by atoms with van der Waals surface area (Å²) >= 11 is 0. The van der Waals surface area contributed by atoms with E-state index in [1.807, 2.05) is 0 Å². The Kier molecular flexibility index (Phi) is 4.61. The monoisotopic (exact) mass is 524 g/mol. The molecule has 9 rings (SSSR count). The van der Waals surface area contributed by atoms with Crippen LogP contribution < -0.4 is 0 Å². The molecule has 6 aromatic carbocycles. The van der Waals surface area contributed by atoms with Crippen LogP contribution in [0, 0.1) is 0 Å². The van der Waals surface area contributed by atoms with Gasteiger partial charge in [-0.05, 0) is 77.9 Å². The maximum atomic E-state index is 6.44. The molecule has 0 amide bonds. The number of para-hydroxylation sites is 3. The van der Waals surface area contributed by atoms with Crippen molar-refractivity contribution in [2.24, 2.45) is 0 Å². The molecule has 0 N–H and O–H groups in total. The van der Waals surface area contributed by atoms with Crippen molar-refractivity contribution in [2.45, 2.75) is 0 Å². The number of benzene rings is 6. The Morgan fingerprint density at radius 3 is 1.98 bits per heavy atom. The Balaban J connectivity index is 1.23. The van der Waals surface area contributed by atoms with Crippen LogP contribution in [-0.4, -0.2) is 9.13 Å². The number of nitrogens with zero attached hydrogens (tertiary/aromatic N) is 2. The zero-order valence-electron chi connectivity index (χ0n) is 22.2. The molecule has 0 fully saturated rings. The predicted molar refractivity (Wildman–Crippen MR) is 170 cm³/mol. The minimum atomic E-state index is 0.903. The normalized spacial score (nSPS) is 11.9. The Hall–Kier alpha value is -5.54. The first-order valence-electron chi connectivity index (χ1n) is 13.9. The van der Waals surface area contributed by atoms with Gasteiger partial charge in [0.2, 0.25) is 0 Å². The van der Waals surface area contributed by atoms with Crippen LogP contribution in [0.4, 0.5) is 0 Å². The Morgan fingerprint density at radius 2 is 1.12 bits per heavy atom. The van der Waals surface area contributed by atoms with E-state index < -0.39 is 0 Å². The number of furan rings is 1. The third-order valence-electron chi connectivity index (χ3n) is 8.34. The average molecular weight is 525 g/mol. The Labute approximate surface area is 236 Å². The van der Waals surface area contributed by atoms with Gasteiger partial charge in [-0.15, -0.1) is 0 Å². The molecule has 3 aromatic heterocycles. The van der Waals surface area contributed by atoms with E-state index in [1.165, 1.54) is 44.0 Å². The first-order valence-corrected chi connectivity index (χ1v) is 13.9. The third kappa shape index (κ3) is 3.33. The number of hydrogen-bond donors (Lipinski definition) is 0. The van der Waals surface area contributed by atoms with Crippen LogP contribution in [0.1, 0.15) is 0 Å². The summed E-state index contributed by atoms with van der Waals surface area (Å²) in [7, 11) is 0. The van der Waals surface area contributed by atoms with Crippen LogP contribution in [0.2, 0.25) is 0 Å². The highest BCUT2D eigenvalue weighted by atomic mass is 16.3. The van der Waals surface area contributed by atoms with Crippen molar-refractivity contribution < 1.29 is 4.42 Å². The zero-order valence-corrected chi connectivity index (χ0v) is 22.2. The second-order valence-corrected chi connectivity index (χ2v) is 10.7. The molecule has 9 aromatic rings. The van der Waals surface area contributed by atoms with Crippen LogP contribution in [0.3, 0.4) is 0 Å². The van der Waals surface area contributed by atoms with Gasteiger partial charge in [-0.1, -0.05) is 66.7 Å². The van der Waals surface area contributed by atoms with Gasteiger partial charge in [0, 0.05) is 50.6 Å². The van der Waals surface area contributed by atoms with Crippen LogP contribution in [-0.2, 0) is 0 Å². The van der Waals surface area contributed by atoms with Crippen LogP contribution in [0.15, 0.2) is 150 Å². The quantitative estimate of drug-likeness (QED) is 0.225. The summed E-state index contributed by atoms with van der Waals surface area (Å²) in [5, 5.41) is 5.97. The Bertz CT molecular complexity index is 2410. The number of fused-ring (bicyclic) bond motifs is 7. The molecule has 0 aliphatic heterocycles. The molecule has 0 atom stereocenters. The topological polar surface area (TPSA) is 23.0 Å². The molecular weight excluding hydrogens is 500 g/mol. The summed E-state index contributed by atoms with van der Waals surface area (Å²) < 4.78 is 11.0. The fourth-order valence-electron chi connectivity index (χ4n) is 6.41. The van der Waals surface area contributed by atoms with Gasteiger partial charge < -0.3 is 13.6 Å². The van der Waals surface area contributed by atoms with Crippen molar-refractivity contribution in [3.05, 3.63) is 146 Å². The van der Waals surface area contributed by atoms with E-state index in [-0.39, 0.29) is 0 Å². The van der Waals surface area contributed by atoms with Crippen LogP contribution >= 0.6 is 0 Å². The molecule has 0 aliphatic carbocycles. The first kappa shape index (κ1) is 22.3. The molecule has 192 valence electrons. The van der Waals surface area contributed by atoms with Gasteiger partial charge in [-0.2, -0.15) is 0 Å². The smallest absolute Gasteiger partial charge is 0.137 e. The minimum Gasteiger partial charge on any atom is -0.456 e. The van der Waals surface area contributed by atoms with Crippen molar-refractivity contribution in [3.8, 4) is 22.5 Å². The van der Waals surface area contributed by atoms with E-state index in [9.17, 15) is 0 Å². The van der Waals surface area contributed by atoms with Gasteiger partial charge in [-0.3, -0.25) is 0 Å². The minimum absolute atomic E-state index is 0.903. The molecule has 0 radical (unpaired) electrons. The van der Waals surface area contributed by atoms with E-state index in [2.05, 4.69) is 155 Å². The van der Waals surface area contributed by atoms with Crippen molar-refractivity contribution in [2.75, 3.05) is 0 Å². The highest BCUT2D eigenvalue weighted by Gasteiger charge is 2.17. The number of rotatable bonds is 3. The zero-order chi connectivity index (χ0) is 26.9. The molecule has 41 heavy (non-hydrogen) atoms. The number of aromatic nitrogens is 2. The molecule has 3 heterocycles. The molecule has 0 saturated carbocycles. The second kappa shape index (κ2) is 8.48. The average Bonchev–Trinajstić information content (AvgIpc) is 3.71. The molecule has 0 spiro atoms. The fraction of sp³-hybridized carbons (Fsp3) is 0. The van der Waals surface area contributed by atoms with E-state index >= 15 is 0 Å². The van der Waals surface area contributed by atoms with E-state index in [1.54, 1.807) is 0 Å². The van der Waals surface area contributed by atoms with Gasteiger partial charge >= 0.3 is 0 Å². The van der Waals surface area contributed by atoms with Gasteiger partial charge in [0.15, 0.2) is 0 Å². The van der Waals surface area contributed by atoms with Gasteiger partial charge in [0.1, 0.15) is 11.2 Å². The van der Waals surface area contributed by atoms with E-state index in [4.69, 9.17) is 4.42 Å². The lowest BCUT2D eigenvalue weighted by molar-refractivity contribution is 0.669. The molecule has 0 saturated heterocycles. The van der Waals surface area contributed by atoms with E-state index in [0.29, 0.717) is 0 Å². The van der Waals surface area contributed by atoms with Crippen molar-refractivity contribution in [3.63, 3.8) is 0 Å². The summed E-state index contributed by atoms with van der Waals surface area (Å²) in [6.07, 6.45) is 2.15. The summed E-state index contributed by atoms with van der Waals surface area (Å²) in [6, 6.07) is 49.7.